The van der Waals surface area contributed by atoms with Crippen molar-refractivity contribution in [1.29, 1.82) is 0 Å². The number of likely N-dealkylation sites (tertiary alicyclic amines) is 1. The summed E-state index contributed by atoms with van der Waals surface area (Å²) in [6.45, 7) is 6.31. The highest BCUT2D eigenvalue weighted by Crippen LogP contribution is 2.37. The molecule has 4 rings (SSSR count). The summed E-state index contributed by atoms with van der Waals surface area (Å²) < 4.78 is 2.27. The minimum Gasteiger partial charge on any atom is -0.365 e. The normalized spacial score (nSPS) is 17.5. The number of nitrogens with zero attached hydrogens (tertiary/aromatic N) is 3. The highest BCUT2D eigenvalue weighted by molar-refractivity contribution is 7.14. The molecule has 1 amide bonds. The van der Waals surface area contributed by atoms with Gasteiger partial charge in [-0.1, -0.05) is 0 Å². The number of carbonyl (C=O) groups excluding carboxylic acids is 1. The maximum Gasteiger partial charge on any atom is 0.258 e. The van der Waals surface area contributed by atoms with Crippen molar-refractivity contribution in [3.8, 4) is 5.69 Å². The largest absolute Gasteiger partial charge is 0.365 e. The fraction of sp³-hybridized carbons (Fsp3) is 0.333. The molecule has 6 heteroatoms. The molecule has 1 fully saturated rings. The van der Waals surface area contributed by atoms with Crippen molar-refractivity contribution in [1.82, 2.24) is 14.5 Å². The van der Waals surface area contributed by atoms with Gasteiger partial charge >= 0.3 is 0 Å². The number of hydrogen-bond donors (Lipinski definition) is 1. The van der Waals surface area contributed by atoms with Crippen LogP contribution >= 0.6 is 11.3 Å². The first-order valence-corrected chi connectivity index (χ1v) is 10.1. The molecule has 27 heavy (non-hydrogen) atoms. The van der Waals surface area contributed by atoms with E-state index in [-0.39, 0.29) is 5.91 Å². The van der Waals surface area contributed by atoms with E-state index in [0.717, 1.165) is 25.2 Å². The second kappa shape index (κ2) is 7.29. The first kappa shape index (κ1) is 17.9. The smallest absolute Gasteiger partial charge is 0.258 e. The predicted octanol–water partition coefficient (Wildman–Crippen LogP) is 3.99. The number of aromatic nitrogens is 2. The number of aryl methyl sites for hydroxylation is 1. The molecule has 3 aromatic rings. The number of amides is 1. The van der Waals surface area contributed by atoms with Gasteiger partial charge in [0.1, 0.15) is 0 Å². The summed E-state index contributed by atoms with van der Waals surface area (Å²) in [5.74, 6) is -0.337. The van der Waals surface area contributed by atoms with Gasteiger partial charge in [-0.15, -0.1) is 11.3 Å². The highest BCUT2D eigenvalue weighted by atomic mass is 32.1. The third kappa shape index (κ3) is 3.42. The lowest BCUT2D eigenvalue weighted by molar-refractivity contribution is 0.100. The summed E-state index contributed by atoms with van der Waals surface area (Å²) in [6.07, 6.45) is 6.00. The fourth-order valence-electron chi connectivity index (χ4n) is 4.09. The van der Waals surface area contributed by atoms with Crippen molar-refractivity contribution in [2.45, 2.75) is 39.3 Å². The molecule has 0 spiro atoms. The zero-order chi connectivity index (χ0) is 19.0. The van der Waals surface area contributed by atoms with E-state index in [0.29, 0.717) is 10.9 Å². The van der Waals surface area contributed by atoms with E-state index < -0.39 is 0 Å². The molecule has 1 aliphatic heterocycles. The quantitative estimate of drug-likeness (QED) is 0.728. The zero-order valence-electron chi connectivity index (χ0n) is 15.7. The van der Waals surface area contributed by atoms with Gasteiger partial charge in [-0.2, -0.15) is 0 Å². The maximum atomic E-state index is 11.4. The van der Waals surface area contributed by atoms with Gasteiger partial charge in [0.25, 0.3) is 5.91 Å². The Morgan fingerprint density at radius 3 is 2.89 bits per heavy atom. The first-order chi connectivity index (χ1) is 13.0. The molecule has 0 saturated carbocycles. The summed E-state index contributed by atoms with van der Waals surface area (Å²) >= 11 is 1.53. The Balaban J connectivity index is 1.59. The van der Waals surface area contributed by atoms with Crippen LogP contribution in [0.15, 0.2) is 42.7 Å². The van der Waals surface area contributed by atoms with E-state index in [2.05, 4.69) is 46.5 Å². The number of hydrogen-bond acceptors (Lipinski definition) is 4. The second-order valence-electron chi connectivity index (χ2n) is 7.14. The van der Waals surface area contributed by atoms with Crippen LogP contribution in [-0.2, 0) is 6.54 Å². The number of carbonyl (C=O) groups is 1. The number of rotatable bonds is 5. The molecule has 3 aromatic heterocycles. The van der Waals surface area contributed by atoms with Crippen LogP contribution < -0.4 is 5.73 Å². The SMILES string of the molecule is Cc1cc(CN2CCCC2c2ccc(C(N)=O)s2)c(C)n1-c1cccnc1. The predicted molar refractivity (Wildman–Crippen MR) is 108 cm³/mol. The van der Waals surface area contributed by atoms with Crippen molar-refractivity contribution in [3.05, 3.63) is 69.4 Å². The van der Waals surface area contributed by atoms with Crippen molar-refractivity contribution < 1.29 is 4.79 Å². The molecule has 5 nitrogen and oxygen atoms in total. The molecule has 140 valence electrons. The van der Waals surface area contributed by atoms with Crippen LogP contribution in [0.5, 0.6) is 0 Å². The van der Waals surface area contributed by atoms with E-state index in [9.17, 15) is 4.79 Å². The molecule has 0 radical (unpaired) electrons. The van der Waals surface area contributed by atoms with Gasteiger partial charge in [-0.25, -0.2) is 0 Å². The van der Waals surface area contributed by atoms with E-state index in [1.165, 1.54) is 39.6 Å². The Morgan fingerprint density at radius 2 is 2.19 bits per heavy atom. The fourth-order valence-corrected chi connectivity index (χ4v) is 5.12. The van der Waals surface area contributed by atoms with Crippen LogP contribution in [0.25, 0.3) is 5.69 Å². The monoisotopic (exact) mass is 380 g/mol. The summed E-state index contributed by atoms with van der Waals surface area (Å²) in [4.78, 5) is 20.1. The summed E-state index contributed by atoms with van der Waals surface area (Å²) in [6, 6.07) is 10.6. The highest BCUT2D eigenvalue weighted by Gasteiger charge is 2.28. The molecule has 1 atom stereocenters. The van der Waals surface area contributed by atoms with Crippen LogP contribution in [-0.4, -0.2) is 26.9 Å². The van der Waals surface area contributed by atoms with Gasteiger partial charge < -0.3 is 10.3 Å². The molecule has 2 N–H and O–H groups in total. The second-order valence-corrected chi connectivity index (χ2v) is 8.25. The molecule has 1 saturated heterocycles. The molecule has 0 aliphatic carbocycles. The number of pyridine rings is 1. The Bertz CT molecular complexity index is 960. The Kier molecular flexibility index (Phi) is 4.85. The van der Waals surface area contributed by atoms with Gasteiger partial charge in [0.2, 0.25) is 0 Å². The summed E-state index contributed by atoms with van der Waals surface area (Å²) in [5.41, 5.74) is 10.3. The Morgan fingerprint density at radius 1 is 1.33 bits per heavy atom. The minimum atomic E-state index is -0.337. The van der Waals surface area contributed by atoms with Gasteiger partial charge in [0.15, 0.2) is 0 Å². The van der Waals surface area contributed by atoms with Gasteiger partial charge in [-0.05, 0) is 69.1 Å². The van der Waals surface area contributed by atoms with Crippen LogP contribution in [0.1, 0.15) is 50.4 Å². The van der Waals surface area contributed by atoms with E-state index >= 15 is 0 Å². The van der Waals surface area contributed by atoms with Crippen LogP contribution in [0, 0.1) is 13.8 Å². The lowest BCUT2D eigenvalue weighted by Crippen LogP contribution is -2.22. The van der Waals surface area contributed by atoms with Crippen molar-refractivity contribution in [2.75, 3.05) is 6.54 Å². The van der Waals surface area contributed by atoms with E-state index in [4.69, 9.17) is 5.73 Å². The van der Waals surface area contributed by atoms with Crippen LogP contribution in [0.4, 0.5) is 0 Å². The van der Waals surface area contributed by atoms with Gasteiger partial charge in [0.05, 0.1) is 16.8 Å². The van der Waals surface area contributed by atoms with Crippen molar-refractivity contribution in [3.63, 3.8) is 0 Å². The lowest BCUT2D eigenvalue weighted by atomic mass is 10.1. The van der Waals surface area contributed by atoms with Gasteiger partial charge in [-0.3, -0.25) is 14.7 Å². The first-order valence-electron chi connectivity index (χ1n) is 9.26. The molecule has 4 heterocycles. The summed E-state index contributed by atoms with van der Waals surface area (Å²) in [7, 11) is 0. The topological polar surface area (TPSA) is 64.2 Å². The van der Waals surface area contributed by atoms with Crippen LogP contribution in [0.2, 0.25) is 0 Å². The third-order valence-corrected chi connectivity index (χ3v) is 6.58. The number of thiophene rings is 1. The Hall–Kier alpha value is -2.44. The summed E-state index contributed by atoms with van der Waals surface area (Å²) in [5, 5.41) is 0. The Labute approximate surface area is 163 Å². The molecular formula is C21H24N4OS. The number of primary amides is 1. The van der Waals surface area contributed by atoms with E-state index in [1.807, 2.05) is 18.3 Å². The molecule has 0 bridgehead atoms. The lowest BCUT2D eigenvalue weighted by Gasteiger charge is -2.23. The number of nitrogens with two attached hydrogens (primary N) is 1. The molecular weight excluding hydrogens is 356 g/mol. The minimum absolute atomic E-state index is 0.337. The van der Waals surface area contributed by atoms with Gasteiger partial charge in [0, 0.05) is 35.0 Å². The molecule has 1 unspecified atom stereocenters. The zero-order valence-corrected chi connectivity index (χ0v) is 16.5. The maximum absolute atomic E-state index is 11.4. The van der Waals surface area contributed by atoms with Crippen molar-refractivity contribution >= 4 is 17.2 Å². The van der Waals surface area contributed by atoms with Crippen molar-refractivity contribution in [2.24, 2.45) is 5.73 Å². The average Bonchev–Trinajstić information content (AvgIpc) is 3.36. The third-order valence-electron chi connectivity index (χ3n) is 5.38. The molecule has 1 aliphatic rings. The average molecular weight is 381 g/mol. The van der Waals surface area contributed by atoms with Crippen LogP contribution in [0.3, 0.4) is 0 Å². The molecule has 0 aromatic carbocycles. The standard InChI is InChI=1S/C21H24N4OS/c1-14-11-16(15(2)25(14)17-5-3-9-23-12-17)13-24-10-4-6-18(24)19-7-8-20(27-19)21(22)26/h3,5,7-9,11-12,18H,4,6,10,13H2,1-2H3,(H2,22,26). The van der Waals surface area contributed by atoms with E-state index in [1.54, 1.807) is 6.20 Å².